The van der Waals surface area contributed by atoms with E-state index in [-0.39, 0.29) is 10.8 Å². The molecular weight excluding hydrogens is 288 g/mol. The van der Waals surface area contributed by atoms with Gasteiger partial charge in [-0.05, 0) is 28.0 Å². The standard InChI is InChI=1S/C17H25BF3O/c1-12(18(19,20)21)11-22-15-9-8-13(16(2,3)4)10-14(15)17(5,6)7/h8-10H,1,11H2,2-7H3/q-1. The summed E-state index contributed by atoms with van der Waals surface area (Å²) < 4.78 is 43.2. The van der Waals surface area contributed by atoms with Crippen molar-refractivity contribution in [1.82, 2.24) is 0 Å². The molecule has 0 aliphatic heterocycles. The van der Waals surface area contributed by atoms with Crippen molar-refractivity contribution in [2.45, 2.75) is 52.4 Å². The van der Waals surface area contributed by atoms with E-state index in [0.29, 0.717) is 5.75 Å². The molecule has 0 aromatic heterocycles. The van der Waals surface area contributed by atoms with Crippen LogP contribution in [0.15, 0.2) is 30.3 Å². The number of ether oxygens (including phenoxy) is 1. The van der Waals surface area contributed by atoms with Crippen molar-refractivity contribution < 1.29 is 17.7 Å². The summed E-state index contributed by atoms with van der Waals surface area (Å²) >= 11 is 0. The van der Waals surface area contributed by atoms with E-state index in [9.17, 15) is 12.9 Å². The molecule has 1 nitrogen and oxygen atoms in total. The molecule has 0 N–H and O–H groups in total. The van der Waals surface area contributed by atoms with E-state index in [1.54, 1.807) is 6.07 Å². The summed E-state index contributed by atoms with van der Waals surface area (Å²) in [5.74, 6) is 0.488. The van der Waals surface area contributed by atoms with Gasteiger partial charge in [0.05, 0.1) is 6.61 Å². The van der Waals surface area contributed by atoms with Crippen molar-refractivity contribution in [1.29, 1.82) is 0 Å². The van der Waals surface area contributed by atoms with Gasteiger partial charge in [-0.25, -0.2) is 0 Å². The fraction of sp³-hybridized carbons (Fsp3) is 0.529. The fourth-order valence-corrected chi connectivity index (χ4v) is 1.97. The molecule has 0 bridgehead atoms. The lowest BCUT2D eigenvalue weighted by atomic mass is 9.80. The Morgan fingerprint density at radius 3 is 2.00 bits per heavy atom. The normalized spacial score (nSPS) is 13.1. The highest BCUT2D eigenvalue weighted by molar-refractivity contribution is 6.66. The highest BCUT2D eigenvalue weighted by atomic mass is 19.4. The van der Waals surface area contributed by atoms with E-state index in [4.69, 9.17) is 4.74 Å². The Balaban J connectivity index is 3.13. The Labute approximate surface area is 131 Å². The summed E-state index contributed by atoms with van der Waals surface area (Å²) in [6.07, 6.45) is 0. The Kier molecular flexibility index (Phi) is 5.10. The molecule has 0 amide bonds. The Bertz CT molecular complexity index is 548. The SMILES string of the molecule is C=C(COc1ccc(C(C)(C)C)cc1C(C)(C)C)[B-](F)(F)F. The van der Waals surface area contributed by atoms with Crippen LogP contribution in [0.2, 0.25) is 0 Å². The van der Waals surface area contributed by atoms with Crippen LogP contribution in [0.4, 0.5) is 12.9 Å². The highest BCUT2D eigenvalue weighted by Crippen LogP contribution is 2.36. The first-order valence-electron chi connectivity index (χ1n) is 7.38. The van der Waals surface area contributed by atoms with Gasteiger partial charge in [0.15, 0.2) is 0 Å². The molecule has 0 aliphatic rings. The Morgan fingerprint density at radius 1 is 1.05 bits per heavy atom. The molecular formula is C17H25BF3O-. The van der Waals surface area contributed by atoms with E-state index in [0.717, 1.165) is 11.1 Å². The van der Waals surface area contributed by atoms with Crippen LogP contribution in [-0.2, 0) is 10.8 Å². The van der Waals surface area contributed by atoms with Gasteiger partial charge in [0.1, 0.15) is 5.75 Å². The maximum absolute atomic E-state index is 12.6. The molecule has 0 atom stereocenters. The van der Waals surface area contributed by atoms with Crippen molar-refractivity contribution in [2.75, 3.05) is 6.61 Å². The second-order valence-corrected chi connectivity index (χ2v) is 7.73. The van der Waals surface area contributed by atoms with Gasteiger partial charge in [-0.2, -0.15) is 0 Å². The first-order valence-corrected chi connectivity index (χ1v) is 7.38. The third-order valence-electron chi connectivity index (χ3n) is 3.53. The smallest absolute Gasteiger partial charge is 0.492 e. The molecule has 0 radical (unpaired) electrons. The third-order valence-corrected chi connectivity index (χ3v) is 3.53. The van der Waals surface area contributed by atoms with Crippen molar-refractivity contribution in [3.8, 4) is 5.75 Å². The van der Waals surface area contributed by atoms with Gasteiger partial charge in [-0.15, -0.1) is 12.1 Å². The summed E-state index contributed by atoms with van der Waals surface area (Å²) in [7, 11) is 0. The third kappa shape index (κ3) is 4.82. The number of benzene rings is 1. The second-order valence-electron chi connectivity index (χ2n) is 7.73. The summed E-state index contributed by atoms with van der Waals surface area (Å²) in [5.41, 5.74) is 0.962. The maximum Gasteiger partial charge on any atom is 0.508 e. The number of hydrogen-bond acceptors (Lipinski definition) is 1. The fourth-order valence-electron chi connectivity index (χ4n) is 1.97. The van der Waals surface area contributed by atoms with Gasteiger partial charge in [-0.3, -0.25) is 0 Å². The van der Waals surface area contributed by atoms with Gasteiger partial charge < -0.3 is 17.7 Å². The topological polar surface area (TPSA) is 9.23 Å². The molecule has 1 rings (SSSR count). The van der Waals surface area contributed by atoms with Crippen LogP contribution in [0.5, 0.6) is 5.75 Å². The van der Waals surface area contributed by atoms with Crippen LogP contribution in [0.1, 0.15) is 52.7 Å². The average molecular weight is 313 g/mol. The van der Waals surface area contributed by atoms with E-state index in [1.165, 1.54) is 0 Å². The van der Waals surface area contributed by atoms with E-state index >= 15 is 0 Å². The molecule has 124 valence electrons. The second kappa shape index (κ2) is 6.02. The summed E-state index contributed by atoms with van der Waals surface area (Å²) in [4.78, 5) is 0. The van der Waals surface area contributed by atoms with Crippen molar-refractivity contribution >= 4 is 6.98 Å². The molecule has 5 heteroatoms. The zero-order chi connectivity index (χ0) is 17.3. The van der Waals surface area contributed by atoms with Crippen LogP contribution in [-0.4, -0.2) is 13.6 Å². The highest BCUT2D eigenvalue weighted by Gasteiger charge is 2.28. The van der Waals surface area contributed by atoms with Crippen LogP contribution in [0.25, 0.3) is 0 Å². The molecule has 0 saturated heterocycles. The lowest BCUT2D eigenvalue weighted by Crippen LogP contribution is -2.24. The number of hydrogen-bond donors (Lipinski definition) is 0. The van der Waals surface area contributed by atoms with Gasteiger partial charge >= 0.3 is 6.98 Å². The molecule has 22 heavy (non-hydrogen) atoms. The molecule has 0 spiro atoms. The Hall–Kier alpha value is -1.39. The van der Waals surface area contributed by atoms with Gasteiger partial charge in [0, 0.05) is 0 Å². The van der Waals surface area contributed by atoms with Crippen LogP contribution < -0.4 is 4.74 Å². The quantitative estimate of drug-likeness (QED) is 0.657. The van der Waals surface area contributed by atoms with E-state index in [1.807, 2.05) is 32.9 Å². The minimum atomic E-state index is -5.06. The molecule has 0 unspecified atom stereocenters. The zero-order valence-corrected chi connectivity index (χ0v) is 14.3. The van der Waals surface area contributed by atoms with Gasteiger partial charge in [-0.1, -0.05) is 53.7 Å². The average Bonchev–Trinajstić information content (AvgIpc) is 2.32. The molecule has 0 fully saturated rings. The number of rotatable bonds is 4. The van der Waals surface area contributed by atoms with Crippen molar-refractivity contribution in [3.63, 3.8) is 0 Å². The predicted molar refractivity (Wildman–Crippen MR) is 87.6 cm³/mol. The minimum absolute atomic E-state index is 0.0305. The van der Waals surface area contributed by atoms with Crippen molar-refractivity contribution in [3.05, 3.63) is 41.4 Å². The van der Waals surface area contributed by atoms with Gasteiger partial charge in [0.25, 0.3) is 0 Å². The Morgan fingerprint density at radius 2 is 1.59 bits per heavy atom. The molecule has 0 aliphatic carbocycles. The molecule has 1 aromatic carbocycles. The minimum Gasteiger partial charge on any atom is -0.492 e. The van der Waals surface area contributed by atoms with Crippen molar-refractivity contribution in [2.24, 2.45) is 0 Å². The number of halogens is 3. The first kappa shape index (κ1) is 18.7. The van der Waals surface area contributed by atoms with Crippen LogP contribution in [0, 0.1) is 0 Å². The molecule has 0 heterocycles. The lowest BCUT2D eigenvalue weighted by molar-refractivity contribution is 0.336. The summed E-state index contributed by atoms with van der Waals surface area (Å²) in [5, 5.41) is 0. The summed E-state index contributed by atoms with van der Waals surface area (Å²) in [6, 6.07) is 5.70. The maximum atomic E-state index is 12.6. The van der Waals surface area contributed by atoms with Crippen LogP contribution in [0.3, 0.4) is 0 Å². The molecule has 0 saturated carbocycles. The lowest BCUT2D eigenvalue weighted by Gasteiger charge is -2.28. The predicted octanol–water partition coefficient (Wildman–Crippen LogP) is 5.60. The van der Waals surface area contributed by atoms with Gasteiger partial charge in [0.2, 0.25) is 0 Å². The first-order chi connectivity index (χ1) is 9.73. The van der Waals surface area contributed by atoms with E-state index < -0.39 is 19.1 Å². The van der Waals surface area contributed by atoms with Crippen LogP contribution >= 0.6 is 0 Å². The summed E-state index contributed by atoms with van der Waals surface area (Å²) in [6.45, 7) is 9.84. The molecule has 1 aromatic rings. The monoisotopic (exact) mass is 313 g/mol. The zero-order valence-electron chi connectivity index (χ0n) is 14.3. The largest absolute Gasteiger partial charge is 0.508 e. The van der Waals surface area contributed by atoms with E-state index in [2.05, 4.69) is 27.4 Å².